The van der Waals surface area contributed by atoms with Crippen LogP contribution >= 0.6 is 34.5 Å². The summed E-state index contributed by atoms with van der Waals surface area (Å²) in [5.74, 6) is 0.234. The minimum atomic E-state index is -0.392. The largest absolute Gasteiger partial charge is 0.486 e. The van der Waals surface area contributed by atoms with Crippen molar-refractivity contribution in [1.82, 2.24) is 9.88 Å². The number of hydrogen-bond donors (Lipinski definition) is 0. The van der Waals surface area contributed by atoms with Crippen LogP contribution in [0.15, 0.2) is 47.8 Å². The van der Waals surface area contributed by atoms with Gasteiger partial charge in [-0.15, -0.1) is 11.3 Å². The molecule has 4 rings (SSSR count). The lowest BCUT2D eigenvalue weighted by molar-refractivity contribution is -0.131. The molecule has 0 aliphatic heterocycles. The third-order valence-electron chi connectivity index (χ3n) is 4.81. The van der Waals surface area contributed by atoms with Crippen molar-refractivity contribution in [3.63, 3.8) is 0 Å². The number of aromatic nitrogens is 1. The van der Waals surface area contributed by atoms with E-state index < -0.39 is 5.82 Å². The summed E-state index contributed by atoms with van der Waals surface area (Å²) < 4.78 is 19.9. The number of carbonyl (C=O) groups is 1. The Balaban J connectivity index is 1.38. The second kappa shape index (κ2) is 9.33. The van der Waals surface area contributed by atoms with E-state index in [2.05, 4.69) is 4.98 Å². The highest BCUT2D eigenvalue weighted by atomic mass is 35.5. The summed E-state index contributed by atoms with van der Waals surface area (Å²) in [7, 11) is 0. The van der Waals surface area contributed by atoms with Gasteiger partial charge in [-0.25, -0.2) is 9.37 Å². The Labute approximate surface area is 188 Å². The number of hydrogen-bond acceptors (Lipinski definition) is 4. The SMILES string of the molecule is O=C(Cc1csc(COc2ccc(Cl)cc2)n1)N(Cc1c(F)cccc1Cl)C1CC1. The van der Waals surface area contributed by atoms with Crippen molar-refractivity contribution in [3.8, 4) is 5.75 Å². The van der Waals surface area contributed by atoms with Gasteiger partial charge >= 0.3 is 0 Å². The molecule has 1 amide bonds. The van der Waals surface area contributed by atoms with Crippen molar-refractivity contribution in [2.45, 2.75) is 38.5 Å². The van der Waals surface area contributed by atoms with Crippen LogP contribution in [0.5, 0.6) is 5.75 Å². The van der Waals surface area contributed by atoms with E-state index in [9.17, 15) is 9.18 Å². The monoisotopic (exact) mass is 464 g/mol. The zero-order valence-corrected chi connectivity index (χ0v) is 18.3. The lowest BCUT2D eigenvalue weighted by Crippen LogP contribution is -2.34. The maximum Gasteiger partial charge on any atom is 0.229 e. The van der Waals surface area contributed by atoms with Gasteiger partial charge in [-0.1, -0.05) is 29.3 Å². The zero-order chi connectivity index (χ0) is 21.1. The summed E-state index contributed by atoms with van der Waals surface area (Å²) in [6.07, 6.45) is 2.02. The molecule has 0 radical (unpaired) electrons. The van der Waals surface area contributed by atoms with Crippen LogP contribution in [-0.2, 0) is 24.4 Å². The van der Waals surface area contributed by atoms with Crippen LogP contribution in [0.4, 0.5) is 4.39 Å². The van der Waals surface area contributed by atoms with E-state index in [-0.39, 0.29) is 24.9 Å². The van der Waals surface area contributed by atoms with E-state index in [4.69, 9.17) is 27.9 Å². The Kier molecular flexibility index (Phi) is 6.56. The molecular weight excluding hydrogens is 446 g/mol. The molecule has 3 aromatic rings. The highest BCUT2D eigenvalue weighted by Gasteiger charge is 2.33. The number of benzene rings is 2. The fourth-order valence-electron chi connectivity index (χ4n) is 3.09. The number of carbonyl (C=O) groups excluding carboxylic acids is 1. The van der Waals surface area contributed by atoms with Gasteiger partial charge in [-0.3, -0.25) is 4.79 Å². The van der Waals surface area contributed by atoms with Gasteiger partial charge in [0.1, 0.15) is 23.2 Å². The molecule has 2 aromatic carbocycles. The standard InChI is InChI=1S/C22H19Cl2FN2O2S/c23-14-4-8-17(9-5-14)29-12-21-26-15(13-30-21)10-22(28)27(16-6-7-16)11-18-19(24)2-1-3-20(18)25/h1-5,8-9,13,16H,6-7,10-12H2. The molecule has 0 saturated heterocycles. The van der Waals surface area contributed by atoms with Crippen LogP contribution in [0.1, 0.15) is 29.1 Å². The van der Waals surface area contributed by atoms with Crippen LogP contribution in [0.25, 0.3) is 0 Å². The van der Waals surface area contributed by atoms with Crippen molar-refractivity contribution in [2.75, 3.05) is 0 Å². The fourth-order valence-corrected chi connectivity index (χ4v) is 4.14. The second-order valence-electron chi connectivity index (χ2n) is 7.10. The number of thiazole rings is 1. The minimum Gasteiger partial charge on any atom is -0.486 e. The third kappa shape index (κ3) is 5.31. The molecule has 156 valence electrons. The Hall–Kier alpha value is -2.15. The van der Waals surface area contributed by atoms with Gasteiger partial charge in [0, 0.05) is 27.0 Å². The molecule has 0 spiro atoms. The molecule has 0 unspecified atom stereocenters. The summed E-state index contributed by atoms with van der Waals surface area (Å²) in [4.78, 5) is 19.1. The van der Waals surface area contributed by atoms with Gasteiger partial charge in [0.25, 0.3) is 0 Å². The average Bonchev–Trinajstić information content (AvgIpc) is 3.46. The highest BCUT2D eigenvalue weighted by Crippen LogP contribution is 2.31. The molecule has 0 N–H and O–H groups in total. The molecule has 4 nitrogen and oxygen atoms in total. The molecule has 0 bridgehead atoms. The predicted octanol–water partition coefficient (Wildman–Crippen LogP) is 5.90. The van der Waals surface area contributed by atoms with Crippen LogP contribution in [0.2, 0.25) is 10.0 Å². The second-order valence-corrected chi connectivity index (χ2v) is 8.89. The average molecular weight is 465 g/mol. The van der Waals surface area contributed by atoms with Crippen LogP contribution in [0, 0.1) is 5.82 Å². The smallest absolute Gasteiger partial charge is 0.229 e. The predicted molar refractivity (Wildman–Crippen MR) is 117 cm³/mol. The van der Waals surface area contributed by atoms with Crippen LogP contribution < -0.4 is 4.74 Å². The van der Waals surface area contributed by atoms with Gasteiger partial charge in [-0.05, 0) is 49.2 Å². The van der Waals surface area contributed by atoms with Crippen LogP contribution in [0.3, 0.4) is 0 Å². The molecule has 8 heteroatoms. The van der Waals surface area contributed by atoms with E-state index in [0.717, 1.165) is 17.8 Å². The maximum absolute atomic E-state index is 14.2. The number of amides is 1. The first kappa shape index (κ1) is 21.1. The number of rotatable bonds is 8. The van der Waals surface area contributed by atoms with Crippen molar-refractivity contribution < 1.29 is 13.9 Å². The van der Waals surface area contributed by atoms with E-state index >= 15 is 0 Å². The maximum atomic E-state index is 14.2. The lowest BCUT2D eigenvalue weighted by atomic mass is 10.1. The minimum absolute atomic E-state index is 0.0766. The molecule has 1 fully saturated rings. The Bertz CT molecular complexity index is 1020. The van der Waals surface area contributed by atoms with E-state index in [1.807, 2.05) is 5.38 Å². The fraction of sp³-hybridized carbons (Fsp3) is 0.273. The van der Waals surface area contributed by atoms with E-state index in [0.29, 0.717) is 33.7 Å². The molecular formula is C22H19Cl2FN2O2S. The molecule has 1 saturated carbocycles. The Morgan fingerprint density at radius 2 is 1.97 bits per heavy atom. The summed E-state index contributed by atoms with van der Waals surface area (Å²) in [5.41, 5.74) is 1.04. The Morgan fingerprint density at radius 1 is 1.20 bits per heavy atom. The normalized spacial score (nSPS) is 13.3. The first-order valence-corrected chi connectivity index (χ1v) is 11.2. The quantitative estimate of drug-likeness (QED) is 0.416. The number of ether oxygens (including phenoxy) is 1. The molecule has 1 aromatic heterocycles. The first-order valence-electron chi connectivity index (χ1n) is 9.53. The topological polar surface area (TPSA) is 42.4 Å². The molecule has 30 heavy (non-hydrogen) atoms. The van der Waals surface area contributed by atoms with Crippen molar-refractivity contribution in [3.05, 3.63) is 80.0 Å². The van der Waals surface area contributed by atoms with E-state index in [1.165, 1.54) is 17.4 Å². The van der Waals surface area contributed by atoms with E-state index in [1.54, 1.807) is 41.3 Å². The third-order valence-corrected chi connectivity index (χ3v) is 6.28. The summed E-state index contributed by atoms with van der Waals surface area (Å²) >= 11 is 13.5. The molecule has 1 aliphatic carbocycles. The first-order chi connectivity index (χ1) is 14.5. The van der Waals surface area contributed by atoms with Gasteiger partial charge in [0.15, 0.2) is 0 Å². The highest BCUT2D eigenvalue weighted by molar-refractivity contribution is 7.09. The number of nitrogens with zero attached hydrogens (tertiary/aromatic N) is 2. The zero-order valence-electron chi connectivity index (χ0n) is 16.0. The Morgan fingerprint density at radius 3 is 2.67 bits per heavy atom. The summed E-state index contributed by atoms with van der Waals surface area (Å²) in [5, 5.41) is 3.63. The van der Waals surface area contributed by atoms with Gasteiger partial charge in [-0.2, -0.15) is 0 Å². The molecule has 0 atom stereocenters. The molecule has 1 aliphatic rings. The van der Waals surface area contributed by atoms with Gasteiger partial charge in [0.05, 0.1) is 18.7 Å². The van der Waals surface area contributed by atoms with Crippen molar-refractivity contribution >= 4 is 40.4 Å². The van der Waals surface area contributed by atoms with Gasteiger partial charge in [0.2, 0.25) is 5.91 Å². The van der Waals surface area contributed by atoms with Gasteiger partial charge < -0.3 is 9.64 Å². The number of halogens is 3. The summed E-state index contributed by atoms with van der Waals surface area (Å²) in [6, 6.07) is 11.8. The van der Waals surface area contributed by atoms with Crippen molar-refractivity contribution in [1.29, 1.82) is 0 Å². The van der Waals surface area contributed by atoms with Crippen LogP contribution in [-0.4, -0.2) is 21.8 Å². The molecule has 1 heterocycles. The van der Waals surface area contributed by atoms with Crippen molar-refractivity contribution in [2.24, 2.45) is 0 Å². The summed E-state index contributed by atoms with van der Waals surface area (Å²) in [6.45, 7) is 0.489. The lowest BCUT2D eigenvalue weighted by Gasteiger charge is -2.23.